The number of aromatic nitrogens is 3. The quantitative estimate of drug-likeness (QED) is 0.370. The third kappa shape index (κ3) is 4.36. The zero-order valence-electron chi connectivity index (χ0n) is 18.4. The van der Waals surface area contributed by atoms with Crippen LogP contribution < -0.4 is 10.6 Å². The van der Waals surface area contributed by atoms with Gasteiger partial charge in [-0.15, -0.1) is 11.3 Å². The number of nitrogens with zero attached hydrogens (tertiary/aromatic N) is 3. The number of ether oxygens (including phenoxy) is 1. The van der Waals surface area contributed by atoms with Crippen molar-refractivity contribution in [2.45, 2.75) is 5.92 Å². The third-order valence-corrected chi connectivity index (χ3v) is 6.39. The number of carboxylic acid groups (broad SMARTS) is 1. The van der Waals surface area contributed by atoms with Gasteiger partial charge in [-0.25, -0.2) is 14.6 Å². The van der Waals surface area contributed by atoms with Crippen LogP contribution in [0.25, 0.3) is 11.1 Å². The first-order chi connectivity index (χ1) is 16.9. The molecule has 1 aliphatic carbocycles. The van der Waals surface area contributed by atoms with E-state index in [0.29, 0.717) is 0 Å². The maximum Gasteiger partial charge on any atom is 0.413 e. The van der Waals surface area contributed by atoms with E-state index in [-0.39, 0.29) is 34.9 Å². The fourth-order valence-electron chi connectivity index (χ4n) is 4.07. The molecule has 0 atom stereocenters. The molecule has 176 valence electrons. The SMILES string of the molecule is Cn1nc(NC(=O)c2csc(NC(=O)OCC3c4ccccc4-c4ccccc43)n2)cc1C(=O)O. The van der Waals surface area contributed by atoms with Gasteiger partial charge in [0.1, 0.15) is 18.0 Å². The number of benzene rings is 2. The molecule has 0 fully saturated rings. The molecule has 2 heterocycles. The molecular formula is C24H19N5O5S. The van der Waals surface area contributed by atoms with Gasteiger partial charge in [-0.1, -0.05) is 48.5 Å². The van der Waals surface area contributed by atoms with Crippen molar-refractivity contribution < 1.29 is 24.2 Å². The topological polar surface area (TPSA) is 135 Å². The predicted octanol–water partition coefficient (Wildman–Crippen LogP) is 4.19. The molecule has 35 heavy (non-hydrogen) atoms. The molecule has 5 rings (SSSR count). The zero-order chi connectivity index (χ0) is 24.5. The molecule has 2 aromatic heterocycles. The Bertz CT molecular complexity index is 1410. The highest BCUT2D eigenvalue weighted by Gasteiger charge is 2.29. The lowest BCUT2D eigenvalue weighted by Crippen LogP contribution is -2.18. The van der Waals surface area contributed by atoms with E-state index in [2.05, 4.69) is 32.8 Å². The van der Waals surface area contributed by atoms with Gasteiger partial charge in [0.25, 0.3) is 5.91 Å². The van der Waals surface area contributed by atoms with Crippen LogP contribution in [0, 0.1) is 0 Å². The lowest BCUT2D eigenvalue weighted by atomic mass is 9.98. The van der Waals surface area contributed by atoms with Gasteiger partial charge in [-0.05, 0) is 22.3 Å². The molecular weight excluding hydrogens is 470 g/mol. The predicted molar refractivity (Wildman–Crippen MR) is 129 cm³/mol. The average molecular weight is 490 g/mol. The normalized spacial score (nSPS) is 12.0. The van der Waals surface area contributed by atoms with Crippen molar-refractivity contribution in [3.63, 3.8) is 0 Å². The lowest BCUT2D eigenvalue weighted by Gasteiger charge is -2.14. The first kappa shape index (κ1) is 22.3. The highest BCUT2D eigenvalue weighted by Crippen LogP contribution is 2.44. The zero-order valence-corrected chi connectivity index (χ0v) is 19.2. The maximum atomic E-state index is 12.4. The number of carboxylic acids is 1. The van der Waals surface area contributed by atoms with Gasteiger partial charge in [-0.3, -0.25) is 14.8 Å². The first-order valence-corrected chi connectivity index (χ1v) is 11.4. The van der Waals surface area contributed by atoms with Crippen LogP contribution in [0.3, 0.4) is 0 Å². The smallest absolute Gasteiger partial charge is 0.413 e. The highest BCUT2D eigenvalue weighted by molar-refractivity contribution is 7.14. The van der Waals surface area contributed by atoms with Crippen LogP contribution in [0.2, 0.25) is 0 Å². The van der Waals surface area contributed by atoms with Crippen LogP contribution in [0.4, 0.5) is 15.7 Å². The molecule has 0 saturated carbocycles. The van der Waals surface area contributed by atoms with Crippen molar-refractivity contribution in [1.82, 2.24) is 14.8 Å². The summed E-state index contributed by atoms with van der Waals surface area (Å²) in [4.78, 5) is 40.1. The van der Waals surface area contributed by atoms with Crippen LogP contribution in [-0.2, 0) is 11.8 Å². The molecule has 1 aliphatic rings. The molecule has 0 aliphatic heterocycles. The summed E-state index contributed by atoms with van der Waals surface area (Å²) in [5.74, 6) is -1.74. The minimum absolute atomic E-state index is 0.0477. The molecule has 2 amide bonds. The monoisotopic (exact) mass is 489 g/mol. The molecule has 3 N–H and O–H groups in total. The van der Waals surface area contributed by atoms with E-state index in [0.717, 1.165) is 38.3 Å². The van der Waals surface area contributed by atoms with E-state index in [1.165, 1.54) is 18.5 Å². The number of aromatic carboxylic acids is 1. The number of carbonyl (C=O) groups is 3. The lowest BCUT2D eigenvalue weighted by molar-refractivity contribution is 0.0684. The van der Waals surface area contributed by atoms with E-state index in [1.54, 1.807) is 0 Å². The number of aryl methyl sites for hydroxylation is 1. The van der Waals surface area contributed by atoms with Gasteiger partial charge in [0.2, 0.25) is 0 Å². The Labute approximate surface area is 203 Å². The Kier molecular flexibility index (Phi) is 5.75. The number of anilines is 2. The highest BCUT2D eigenvalue weighted by atomic mass is 32.1. The average Bonchev–Trinajstić information content (AvgIpc) is 3.54. The number of nitrogens with one attached hydrogen (secondary N) is 2. The Morgan fingerprint density at radius 3 is 2.34 bits per heavy atom. The van der Waals surface area contributed by atoms with Crippen LogP contribution in [-0.4, -0.2) is 44.4 Å². The summed E-state index contributed by atoms with van der Waals surface area (Å²) in [6.07, 6.45) is -0.677. The Balaban J connectivity index is 1.20. The summed E-state index contributed by atoms with van der Waals surface area (Å²) in [6, 6.07) is 17.3. The summed E-state index contributed by atoms with van der Waals surface area (Å²) in [5.41, 5.74) is 4.46. The maximum absolute atomic E-state index is 12.4. The van der Waals surface area contributed by atoms with E-state index in [1.807, 2.05) is 36.4 Å². The second kappa shape index (κ2) is 9.03. The number of thiazole rings is 1. The summed E-state index contributed by atoms with van der Waals surface area (Å²) in [7, 11) is 1.46. The number of hydrogen-bond acceptors (Lipinski definition) is 7. The summed E-state index contributed by atoms with van der Waals surface area (Å²) in [6.45, 7) is 0.157. The Morgan fingerprint density at radius 1 is 1.06 bits per heavy atom. The van der Waals surface area contributed by atoms with E-state index in [9.17, 15) is 14.4 Å². The van der Waals surface area contributed by atoms with Crippen molar-refractivity contribution in [3.8, 4) is 11.1 Å². The largest absolute Gasteiger partial charge is 0.477 e. The fraction of sp³-hybridized carbons (Fsp3) is 0.125. The molecule has 11 heteroatoms. The Morgan fingerprint density at radius 2 is 1.71 bits per heavy atom. The fourth-order valence-corrected chi connectivity index (χ4v) is 4.74. The number of hydrogen-bond donors (Lipinski definition) is 3. The van der Waals surface area contributed by atoms with Gasteiger partial charge < -0.3 is 15.2 Å². The first-order valence-electron chi connectivity index (χ1n) is 10.6. The van der Waals surface area contributed by atoms with Gasteiger partial charge >= 0.3 is 12.1 Å². The molecule has 0 unspecified atom stereocenters. The van der Waals surface area contributed by atoms with Gasteiger partial charge in [0.15, 0.2) is 10.9 Å². The second-order valence-electron chi connectivity index (χ2n) is 7.79. The van der Waals surface area contributed by atoms with E-state index < -0.39 is 18.0 Å². The molecule has 10 nitrogen and oxygen atoms in total. The van der Waals surface area contributed by atoms with Crippen molar-refractivity contribution in [2.24, 2.45) is 7.05 Å². The molecule has 4 aromatic rings. The second-order valence-corrected chi connectivity index (χ2v) is 8.64. The number of amides is 2. The standard InChI is InChI=1S/C24H19N5O5S/c1-29-19(22(31)32)10-20(28-29)26-21(30)18-12-35-23(25-18)27-24(33)34-11-17-15-8-4-2-6-13(15)14-7-3-5-9-16(14)17/h2-10,12,17H,11H2,1H3,(H,31,32)(H,25,27,33)(H,26,28,30). The molecule has 0 spiro atoms. The van der Waals surface area contributed by atoms with Crippen molar-refractivity contribution in [3.05, 3.63) is 82.5 Å². The van der Waals surface area contributed by atoms with Crippen LogP contribution >= 0.6 is 11.3 Å². The minimum atomic E-state index is -1.16. The third-order valence-electron chi connectivity index (χ3n) is 5.63. The number of carbonyl (C=O) groups excluding carboxylic acids is 2. The van der Waals surface area contributed by atoms with E-state index >= 15 is 0 Å². The number of rotatable bonds is 6. The van der Waals surface area contributed by atoms with Crippen LogP contribution in [0.1, 0.15) is 38.0 Å². The van der Waals surface area contributed by atoms with Crippen molar-refractivity contribution in [1.29, 1.82) is 0 Å². The summed E-state index contributed by atoms with van der Waals surface area (Å²) >= 11 is 1.06. The van der Waals surface area contributed by atoms with Gasteiger partial charge in [-0.2, -0.15) is 5.10 Å². The molecule has 0 saturated heterocycles. The molecule has 0 bridgehead atoms. The Hall–Kier alpha value is -4.51. The number of fused-ring (bicyclic) bond motifs is 3. The molecule has 0 radical (unpaired) electrons. The van der Waals surface area contributed by atoms with Crippen molar-refractivity contribution >= 4 is 40.3 Å². The summed E-state index contributed by atoms with van der Waals surface area (Å²) in [5, 5.41) is 19.7. The van der Waals surface area contributed by atoms with Gasteiger partial charge in [0.05, 0.1) is 0 Å². The summed E-state index contributed by atoms with van der Waals surface area (Å²) < 4.78 is 6.64. The van der Waals surface area contributed by atoms with E-state index in [4.69, 9.17) is 9.84 Å². The molecule has 2 aromatic carbocycles. The minimum Gasteiger partial charge on any atom is -0.477 e. The van der Waals surface area contributed by atoms with Crippen LogP contribution in [0.5, 0.6) is 0 Å². The van der Waals surface area contributed by atoms with Gasteiger partial charge in [0, 0.05) is 24.4 Å². The van der Waals surface area contributed by atoms with Crippen LogP contribution in [0.15, 0.2) is 60.0 Å². The van der Waals surface area contributed by atoms with Crippen molar-refractivity contribution in [2.75, 3.05) is 17.2 Å².